The summed E-state index contributed by atoms with van der Waals surface area (Å²) >= 11 is 1.53. The summed E-state index contributed by atoms with van der Waals surface area (Å²) in [6, 6.07) is 16.5. The highest BCUT2D eigenvalue weighted by molar-refractivity contribution is 7.13. The molecule has 1 fully saturated rings. The second kappa shape index (κ2) is 7.98. The number of ether oxygens (including phenoxy) is 1. The highest BCUT2D eigenvalue weighted by Crippen LogP contribution is 2.26. The van der Waals surface area contributed by atoms with E-state index in [9.17, 15) is 9.18 Å². The second-order valence-corrected chi connectivity index (χ2v) is 7.27. The van der Waals surface area contributed by atoms with Crippen molar-refractivity contribution >= 4 is 17.2 Å². The Hall–Kier alpha value is -2.57. The summed E-state index contributed by atoms with van der Waals surface area (Å²) in [7, 11) is 0. The molecular weight excluding hydrogens is 363 g/mol. The van der Waals surface area contributed by atoms with Crippen molar-refractivity contribution in [2.75, 3.05) is 19.7 Å². The van der Waals surface area contributed by atoms with E-state index in [1.807, 2.05) is 35.7 Å². The van der Waals surface area contributed by atoms with Crippen molar-refractivity contribution < 1.29 is 13.9 Å². The summed E-state index contributed by atoms with van der Waals surface area (Å²) in [5, 5.41) is 2.83. The maximum absolute atomic E-state index is 14.0. The zero-order valence-electron chi connectivity index (χ0n) is 14.7. The molecule has 4 nitrogen and oxygen atoms in total. The van der Waals surface area contributed by atoms with Crippen LogP contribution in [0.4, 0.5) is 4.39 Å². The summed E-state index contributed by atoms with van der Waals surface area (Å²) in [5.74, 6) is -0.312. The first kappa shape index (κ1) is 17.8. The van der Waals surface area contributed by atoms with Crippen molar-refractivity contribution in [3.63, 3.8) is 0 Å². The predicted molar refractivity (Wildman–Crippen MR) is 103 cm³/mol. The summed E-state index contributed by atoms with van der Waals surface area (Å²) in [6.07, 6.45) is -0.188. The molecule has 0 aliphatic carbocycles. The van der Waals surface area contributed by atoms with Gasteiger partial charge in [-0.25, -0.2) is 9.37 Å². The summed E-state index contributed by atoms with van der Waals surface area (Å²) < 4.78 is 19.7. The fourth-order valence-electron chi connectivity index (χ4n) is 3.17. The minimum absolute atomic E-state index is 0.00968. The van der Waals surface area contributed by atoms with Crippen LogP contribution in [0, 0.1) is 5.82 Å². The Morgan fingerprint density at radius 3 is 2.78 bits per heavy atom. The highest BCUT2D eigenvalue weighted by Gasteiger charge is 2.27. The fraction of sp³-hybridized carbons (Fsp3) is 0.238. The maximum atomic E-state index is 14.0. The topological polar surface area (TPSA) is 42.4 Å². The first-order valence-corrected chi connectivity index (χ1v) is 9.72. The average Bonchev–Trinajstić information content (AvgIpc) is 3.17. The van der Waals surface area contributed by atoms with Crippen LogP contribution < -0.4 is 0 Å². The van der Waals surface area contributed by atoms with Crippen LogP contribution in [0.3, 0.4) is 0 Å². The van der Waals surface area contributed by atoms with Crippen molar-refractivity contribution in [3.05, 3.63) is 77.1 Å². The number of rotatable bonds is 4. The van der Waals surface area contributed by atoms with Crippen molar-refractivity contribution in [2.45, 2.75) is 12.5 Å². The van der Waals surface area contributed by atoms with Gasteiger partial charge in [0.1, 0.15) is 16.9 Å². The number of carbonyl (C=O) groups is 1. The van der Waals surface area contributed by atoms with Crippen LogP contribution in [0.1, 0.15) is 17.4 Å². The van der Waals surface area contributed by atoms with E-state index in [-0.39, 0.29) is 18.1 Å². The fourth-order valence-corrected chi connectivity index (χ4v) is 3.99. The van der Waals surface area contributed by atoms with E-state index in [0.29, 0.717) is 25.3 Å². The van der Waals surface area contributed by atoms with Gasteiger partial charge in [-0.15, -0.1) is 11.3 Å². The summed E-state index contributed by atoms with van der Waals surface area (Å²) in [5.41, 5.74) is 2.31. The molecule has 1 aliphatic rings. The number of aromatic nitrogens is 1. The van der Waals surface area contributed by atoms with Crippen molar-refractivity contribution in [2.24, 2.45) is 0 Å². The normalized spacial score (nSPS) is 17.1. The van der Waals surface area contributed by atoms with E-state index < -0.39 is 6.10 Å². The lowest BCUT2D eigenvalue weighted by molar-refractivity contribution is -0.138. The molecule has 4 rings (SSSR count). The molecule has 1 aliphatic heterocycles. The number of benzene rings is 2. The maximum Gasteiger partial charge on any atom is 0.228 e. The molecular formula is C21H19FN2O2S. The number of hydrogen-bond acceptors (Lipinski definition) is 4. The highest BCUT2D eigenvalue weighted by atomic mass is 32.1. The van der Waals surface area contributed by atoms with Gasteiger partial charge >= 0.3 is 0 Å². The molecule has 1 atom stereocenters. The van der Waals surface area contributed by atoms with E-state index in [2.05, 4.69) is 4.98 Å². The Labute approximate surface area is 161 Å². The number of carbonyl (C=O) groups excluding carboxylic acids is 1. The number of hydrogen-bond donors (Lipinski definition) is 0. The first-order chi connectivity index (χ1) is 13.2. The van der Waals surface area contributed by atoms with Gasteiger partial charge in [-0.3, -0.25) is 4.79 Å². The van der Waals surface area contributed by atoms with Crippen LogP contribution in [0.25, 0.3) is 10.6 Å². The lowest BCUT2D eigenvalue weighted by Gasteiger charge is -2.33. The third-order valence-electron chi connectivity index (χ3n) is 4.58. The van der Waals surface area contributed by atoms with Crippen LogP contribution in [0.5, 0.6) is 0 Å². The third-order valence-corrected chi connectivity index (χ3v) is 5.52. The van der Waals surface area contributed by atoms with Gasteiger partial charge < -0.3 is 9.64 Å². The van der Waals surface area contributed by atoms with Gasteiger partial charge in [-0.05, 0) is 6.07 Å². The van der Waals surface area contributed by atoms with Crippen LogP contribution in [-0.2, 0) is 16.0 Å². The Kier molecular flexibility index (Phi) is 5.27. The smallest absolute Gasteiger partial charge is 0.228 e. The Morgan fingerprint density at radius 1 is 1.19 bits per heavy atom. The molecule has 6 heteroatoms. The predicted octanol–water partition coefficient (Wildman–Crippen LogP) is 4.09. The first-order valence-electron chi connectivity index (χ1n) is 8.84. The average molecular weight is 382 g/mol. The van der Waals surface area contributed by atoms with Crippen LogP contribution in [0.2, 0.25) is 0 Å². The molecule has 1 unspecified atom stereocenters. The summed E-state index contributed by atoms with van der Waals surface area (Å²) in [4.78, 5) is 19.0. The van der Waals surface area contributed by atoms with Crippen molar-refractivity contribution in [1.82, 2.24) is 9.88 Å². The van der Waals surface area contributed by atoms with E-state index in [1.54, 1.807) is 23.1 Å². The molecule has 1 saturated heterocycles. The van der Waals surface area contributed by atoms with E-state index >= 15 is 0 Å². The lowest BCUT2D eigenvalue weighted by Crippen LogP contribution is -2.43. The van der Waals surface area contributed by atoms with Gasteiger partial charge in [-0.2, -0.15) is 0 Å². The molecule has 0 bridgehead atoms. The van der Waals surface area contributed by atoms with Gasteiger partial charge in [0.2, 0.25) is 5.91 Å². The molecule has 0 N–H and O–H groups in total. The Bertz CT molecular complexity index is 929. The molecule has 0 saturated carbocycles. The third kappa shape index (κ3) is 4.07. The molecule has 3 aromatic rings. The van der Waals surface area contributed by atoms with Crippen LogP contribution in [0.15, 0.2) is 60.0 Å². The van der Waals surface area contributed by atoms with E-state index in [4.69, 9.17) is 4.74 Å². The minimum Gasteiger partial charge on any atom is -0.370 e. The number of amides is 1. The molecule has 27 heavy (non-hydrogen) atoms. The Morgan fingerprint density at radius 2 is 1.96 bits per heavy atom. The number of thiazole rings is 1. The second-order valence-electron chi connectivity index (χ2n) is 6.41. The van der Waals surface area contributed by atoms with Gasteiger partial charge in [0.05, 0.1) is 25.3 Å². The van der Waals surface area contributed by atoms with E-state index in [1.165, 1.54) is 17.4 Å². The van der Waals surface area contributed by atoms with Gasteiger partial charge in [0.25, 0.3) is 0 Å². The molecule has 138 valence electrons. The SMILES string of the molecule is O=C(Cc1csc(-c2ccccc2)n1)N1CCOC(c2ccccc2F)C1. The minimum atomic E-state index is -0.431. The number of morpholine rings is 1. The largest absolute Gasteiger partial charge is 0.370 e. The van der Waals surface area contributed by atoms with E-state index in [0.717, 1.165) is 16.3 Å². The van der Waals surface area contributed by atoms with Crippen molar-refractivity contribution in [3.8, 4) is 10.6 Å². The number of halogens is 1. The molecule has 0 spiro atoms. The Balaban J connectivity index is 1.43. The zero-order chi connectivity index (χ0) is 18.6. The lowest BCUT2D eigenvalue weighted by atomic mass is 10.1. The molecule has 2 aromatic carbocycles. The summed E-state index contributed by atoms with van der Waals surface area (Å²) in [6.45, 7) is 1.27. The van der Waals surface area contributed by atoms with Crippen LogP contribution in [-0.4, -0.2) is 35.5 Å². The van der Waals surface area contributed by atoms with Gasteiger partial charge in [0.15, 0.2) is 0 Å². The standard InChI is InChI=1S/C21H19FN2O2S/c22-18-9-5-4-8-17(18)19-13-24(10-11-26-19)20(25)12-16-14-27-21(23-16)15-6-2-1-3-7-15/h1-9,14,19H,10-13H2. The molecule has 1 aromatic heterocycles. The molecule has 1 amide bonds. The quantitative estimate of drug-likeness (QED) is 0.683. The van der Waals surface area contributed by atoms with Crippen LogP contribution >= 0.6 is 11.3 Å². The van der Waals surface area contributed by atoms with Gasteiger partial charge in [-0.1, -0.05) is 48.5 Å². The molecule has 0 radical (unpaired) electrons. The van der Waals surface area contributed by atoms with Crippen molar-refractivity contribution in [1.29, 1.82) is 0 Å². The zero-order valence-corrected chi connectivity index (χ0v) is 15.5. The number of nitrogens with zero attached hydrogens (tertiary/aromatic N) is 2. The van der Waals surface area contributed by atoms with Gasteiger partial charge in [0, 0.05) is 23.1 Å². The monoisotopic (exact) mass is 382 g/mol. The molecule has 2 heterocycles.